The summed E-state index contributed by atoms with van der Waals surface area (Å²) in [6.45, 7) is 2.74. The maximum atomic E-state index is 14.1. The molecule has 0 bridgehead atoms. The second-order valence-corrected chi connectivity index (χ2v) is 11.5. The minimum atomic E-state index is -5.39. The molecule has 1 aliphatic heterocycles. The molecule has 2 aromatic carbocycles. The van der Waals surface area contributed by atoms with Crippen LogP contribution >= 0.6 is 11.8 Å². The molecule has 1 N–H and O–H groups in total. The number of rotatable bonds is 9. The molecule has 6 nitrogen and oxygen atoms in total. The maximum Gasteiger partial charge on any atom is 0.418 e. The summed E-state index contributed by atoms with van der Waals surface area (Å²) < 4.78 is 116. The lowest BCUT2D eigenvalue weighted by Crippen LogP contribution is -2.39. The Morgan fingerprint density at radius 2 is 1.72 bits per heavy atom. The summed E-state index contributed by atoms with van der Waals surface area (Å²) in [6.07, 6.45) is -8.19. The van der Waals surface area contributed by atoms with Crippen LogP contribution in [0.1, 0.15) is 36.5 Å². The zero-order chi connectivity index (χ0) is 28.8. The average Bonchev–Trinajstić information content (AvgIpc) is 2.85. The molecule has 1 saturated heterocycles. The summed E-state index contributed by atoms with van der Waals surface area (Å²) in [5, 5.41) is 0. The number of halogens is 6. The number of unbranched alkanes of at least 4 members (excludes halogenated alkanes) is 1. The van der Waals surface area contributed by atoms with E-state index in [2.05, 4.69) is 4.72 Å². The van der Waals surface area contributed by atoms with Crippen molar-refractivity contribution in [2.45, 2.75) is 41.9 Å². The molecular formula is C25H26F6N2O4S2. The van der Waals surface area contributed by atoms with Crippen molar-refractivity contribution in [1.82, 2.24) is 4.90 Å². The fraction of sp³-hybridized carbons (Fsp3) is 0.400. The van der Waals surface area contributed by atoms with Gasteiger partial charge in [0.15, 0.2) is 0 Å². The van der Waals surface area contributed by atoms with E-state index in [4.69, 9.17) is 4.74 Å². The predicted octanol–water partition coefficient (Wildman–Crippen LogP) is 6.29. The Hall–Kier alpha value is -2.71. The van der Waals surface area contributed by atoms with E-state index in [0.717, 1.165) is 24.3 Å². The van der Waals surface area contributed by atoms with Crippen LogP contribution < -0.4 is 4.72 Å². The number of hydrogen-bond donors (Lipinski definition) is 1. The summed E-state index contributed by atoms with van der Waals surface area (Å²) in [5.74, 6) is -0.798. The van der Waals surface area contributed by atoms with Gasteiger partial charge < -0.3 is 9.64 Å². The largest absolute Gasteiger partial charge is 0.418 e. The molecule has 0 atom stereocenters. The smallest absolute Gasteiger partial charge is 0.378 e. The number of alkyl halides is 6. The highest BCUT2D eigenvalue weighted by molar-refractivity contribution is 7.99. The lowest BCUT2D eigenvalue weighted by Gasteiger charge is -2.25. The normalized spacial score (nSPS) is 15.1. The zero-order valence-electron chi connectivity index (χ0n) is 20.7. The number of nitrogens with zero attached hydrogens (tertiary/aromatic N) is 1. The molecule has 1 amide bonds. The van der Waals surface area contributed by atoms with Crippen LogP contribution in [-0.4, -0.2) is 51.3 Å². The Morgan fingerprint density at radius 1 is 1.05 bits per heavy atom. The number of morpholine rings is 1. The van der Waals surface area contributed by atoms with Gasteiger partial charge in [-0.3, -0.25) is 9.52 Å². The second kappa shape index (κ2) is 12.6. The highest BCUT2D eigenvalue weighted by Crippen LogP contribution is 2.48. The lowest BCUT2D eigenvalue weighted by atomic mass is 9.99. The van der Waals surface area contributed by atoms with Gasteiger partial charge in [0.1, 0.15) is 0 Å². The molecule has 1 fully saturated rings. The molecule has 14 heteroatoms. The molecule has 1 aliphatic rings. The van der Waals surface area contributed by atoms with Crippen molar-refractivity contribution < 1.29 is 44.3 Å². The number of ether oxygens (including phenoxy) is 1. The van der Waals surface area contributed by atoms with E-state index in [1.54, 1.807) is 0 Å². The van der Waals surface area contributed by atoms with E-state index in [-0.39, 0.29) is 42.6 Å². The molecule has 0 radical (unpaired) electrons. The minimum absolute atomic E-state index is 0.0712. The lowest BCUT2D eigenvalue weighted by molar-refractivity contribution is -0.163. The van der Waals surface area contributed by atoms with Gasteiger partial charge in [-0.15, -0.1) is 0 Å². The van der Waals surface area contributed by atoms with E-state index < -0.39 is 49.9 Å². The number of carbonyl (C=O) groups excluding carboxylic acids is 1. The summed E-state index contributed by atoms with van der Waals surface area (Å²) >= 11 is 0.417. The van der Waals surface area contributed by atoms with Crippen molar-refractivity contribution in [2.24, 2.45) is 0 Å². The number of carbonyl (C=O) groups is 1. The van der Waals surface area contributed by atoms with Gasteiger partial charge in [0.25, 0.3) is 0 Å². The van der Waals surface area contributed by atoms with Crippen molar-refractivity contribution in [1.29, 1.82) is 0 Å². The van der Waals surface area contributed by atoms with Crippen molar-refractivity contribution in [3.63, 3.8) is 0 Å². The number of nitrogens with one attached hydrogen (secondary N) is 1. The average molecular weight is 597 g/mol. The highest BCUT2D eigenvalue weighted by Gasteiger charge is 2.46. The third-order valence-electron chi connectivity index (χ3n) is 5.60. The number of anilines is 1. The first-order valence-electron chi connectivity index (χ1n) is 11.9. The zero-order valence-corrected chi connectivity index (χ0v) is 22.4. The molecule has 0 unspecified atom stereocenters. The highest BCUT2D eigenvalue weighted by atomic mass is 32.2. The molecule has 214 valence electrons. The van der Waals surface area contributed by atoms with Gasteiger partial charge in [-0.2, -0.15) is 26.3 Å². The quantitative estimate of drug-likeness (QED) is 0.272. The SMILES string of the molecule is CCCCS(=O)(=O)Nc1cccc(Sc2ccc(/C=C/C(=O)N3CCOCC3)c(C(F)(F)F)c2C(F)(F)F)c1. The Morgan fingerprint density at radius 3 is 2.33 bits per heavy atom. The van der Waals surface area contributed by atoms with Crippen LogP contribution in [0.4, 0.5) is 32.0 Å². The topological polar surface area (TPSA) is 75.7 Å². The Labute approximate surface area is 226 Å². The van der Waals surface area contributed by atoms with Crippen LogP contribution in [0.5, 0.6) is 0 Å². The van der Waals surface area contributed by atoms with Gasteiger partial charge in [0.05, 0.1) is 30.1 Å². The number of sulfonamides is 1. The fourth-order valence-electron chi connectivity index (χ4n) is 3.78. The van der Waals surface area contributed by atoms with Gasteiger partial charge in [-0.25, -0.2) is 8.42 Å². The van der Waals surface area contributed by atoms with Gasteiger partial charge in [0, 0.05) is 34.6 Å². The molecule has 0 aliphatic carbocycles. The molecule has 0 aromatic heterocycles. The predicted molar refractivity (Wildman–Crippen MR) is 136 cm³/mol. The van der Waals surface area contributed by atoms with Crippen LogP contribution in [-0.2, 0) is 31.9 Å². The molecule has 0 spiro atoms. The summed E-state index contributed by atoms with van der Waals surface area (Å²) in [5.41, 5.74) is -4.54. The van der Waals surface area contributed by atoms with Crippen molar-refractivity contribution in [3.8, 4) is 0 Å². The minimum Gasteiger partial charge on any atom is -0.378 e. The number of hydrogen-bond acceptors (Lipinski definition) is 5. The van der Waals surface area contributed by atoms with Gasteiger partial charge in [-0.05, 0) is 42.3 Å². The number of benzene rings is 2. The van der Waals surface area contributed by atoms with Crippen LogP contribution in [0.2, 0.25) is 0 Å². The molecule has 0 saturated carbocycles. The van der Waals surface area contributed by atoms with E-state index in [1.165, 1.54) is 29.2 Å². The third kappa shape index (κ3) is 8.64. The van der Waals surface area contributed by atoms with E-state index in [9.17, 15) is 39.6 Å². The van der Waals surface area contributed by atoms with Crippen LogP contribution in [0.3, 0.4) is 0 Å². The molecule has 3 rings (SSSR count). The monoisotopic (exact) mass is 596 g/mol. The third-order valence-corrected chi connectivity index (χ3v) is 8.02. The van der Waals surface area contributed by atoms with Gasteiger partial charge in [-0.1, -0.05) is 37.2 Å². The molecular weight excluding hydrogens is 570 g/mol. The van der Waals surface area contributed by atoms with Gasteiger partial charge in [0.2, 0.25) is 15.9 Å². The molecule has 39 heavy (non-hydrogen) atoms. The first kappa shape index (κ1) is 30.8. The van der Waals surface area contributed by atoms with Crippen molar-refractivity contribution in [2.75, 3.05) is 36.8 Å². The maximum absolute atomic E-state index is 14.1. The molecule has 1 heterocycles. The van der Waals surface area contributed by atoms with Gasteiger partial charge >= 0.3 is 12.4 Å². The number of amides is 1. The Bertz CT molecular complexity index is 1300. The van der Waals surface area contributed by atoms with Crippen molar-refractivity contribution >= 4 is 39.5 Å². The summed E-state index contributed by atoms with van der Waals surface area (Å²) in [4.78, 5) is 13.0. The van der Waals surface area contributed by atoms with Crippen LogP contribution in [0, 0.1) is 0 Å². The Balaban J connectivity index is 1.99. The Kier molecular flexibility index (Phi) is 9.99. The summed E-state index contributed by atoms with van der Waals surface area (Å²) in [7, 11) is -3.70. The first-order chi connectivity index (χ1) is 18.2. The molecule has 2 aromatic rings. The van der Waals surface area contributed by atoms with Crippen LogP contribution in [0.15, 0.2) is 52.3 Å². The van der Waals surface area contributed by atoms with E-state index in [0.29, 0.717) is 24.6 Å². The second-order valence-electron chi connectivity index (χ2n) is 8.57. The fourth-order valence-corrected chi connectivity index (χ4v) is 6.07. The standard InChI is InChI=1S/C25H26F6N2O4S2/c1-2-3-15-39(35,36)32-18-5-4-6-19(16-18)38-20-9-7-17(8-10-21(34)33-11-13-37-14-12-33)22(24(26,27)28)23(20)25(29,30)31/h4-10,16,32H,2-3,11-15H2,1H3/b10-8+. The van der Waals surface area contributed by atoms with E-state index >= 15 is 0 Å². The summed E-state index contributed by atoms with van der Waals surface area (Å²) in [6, 6.07) is 7.15. The first-order valence-corrected chi connectivity index (χ1v) is 14.3. The van der Waals surface area contributed by atoms with Crippen LogP contribution in [0.25, 0.3) is 6.08 Å². The van der Waals surface area contributed by atoms with Crippen molar-refractivity contribution in [3.05, 3.63) is 59.2 Å². The van der Waals surface area contributed by atoms with E-state index in [1.807, 2.05) is 6.92 Å².